The van der Waals surface area contributed by atoms with Gasteiger partial charge in [-0.25, -0.2) is 0 Å². The number of carbonyl (C=O) groups excluding carboxylic acids is 1. The molecule has 0 unspecified atom stereocenters. The van der Waals surface area contributed by atoms with Gasteiger partial charge in [0.2, 0.25) is 0 Å². The number of benzene rings is 2. The van der Waals surface area contributed by atoms with Crippen LogP contribution in [0.3, 0.4) is 0 Å². The van der Waals surface area contributed by atoms with Gasteiger partial charge < -0.3 is 10.0 Å². The minimum absolute atomic E-state index is 0.0877. The van der Waals surface area contributed by atoms with E-state index in [1.165, 1.54) is 0 Å². The fourth-order valence-corrected chi connectivity index (χ4v) is 3.17. The molecule has 0 bridgehead atoms. The van der Waals surface area contributed by atoms with Gasteiger partial charge in [-0.2, -0.15) is 0 Å². The molecule has 1 N–H and O–H groups in total. The largest absolute Gasteiger partial charge is 0.480 e. The number of anilines is 1. The molecule has 2 aromatic carbocycles. The van der Waals surface area contributed by atoms with E-state index >= 15 is 0 Å². The number of Topliss-reactive ketones (excluding diaryl/α,β-unsaturated/α-hetero) is 1. The molecule has 3 rings (SSSR count). The fraction of sp³-hybridized carbons (Fsp3) is 0.158. The number of aryl methyl sites for hydroxylation is 1. The van der Waals surface area contributed by atoms with E-state index in [1.54, 1.807) is 23.1 Å². The molecule has 0 spiro atoms. The molecule has 122 valence electrons. The molecule has 1 aliphatic rings. The maximum atomic E-state index is 12.8. The van der Waals surface area contributed by atoms with E-state index in [0.29, 0.717) is 21.8 Å². The first-order valence-corrected chi connectivity index (χ1v) is 7.91. The Labute approximate surface area is 145 Å². The summed E-state index contributed by atoms with van der Waals surface area (Å²) in [6.45, 7) is 1.96. The Morgan fingerprint density at radius 3 is 2.71 bits per heavy atom. The number of hydrogen-bond donors (Lipinski definition) is 1. The second-order valence-electron chi connectivity index (χ2n) is 5.74. The molecule has 0 aromatic heterocycles. The zero-order valence-corrected chi connectivity index (χ0v) is 13.9. The molecule has 0 radical (unpaired) electrons. The molecule has 4 nitrogen and oxygen atoms in total. The van der Waals surface area contributed by atoms with Crippen LogP contribution in [0, 0.1) is 6.92 Å². The van der Waals surface area contributed by atoms with Crippen LogP contribution in [0.1, 0.15) is 21.5 Å². The van der Waals surface area contributed by atoms with E-state index in [-0.39, 0.29) is 18.9 Å². The third-order valence-corrected chi connectivity index (χ3v) is 4.36. The molecular formula is C19H16ClNO3. The van der Waals surface area contributed by atoms with Crippen molar-refractivity contribution >= 4 is 35.1 Å². The second kappa shape index (κ2) is 6.49. The normalized spacial score (nSPS) is 15.5. The van der Waals surface area contributed by atoms with Crippen molar-refractivity contribution < 1.29 is 14.7 Å². The first-order chi connectivity index (χ1) is 11.5. The van der Waals surface area contributed by atoms with Gasteiger partial charge in [-0.15, -0.1) is 0 Å². The number of ketones is 1. The minimum atomic E-state index is -0.935. The summed E-state index contributed by atoms with van der Waals surface area (Å²) in [5, 5.41) is 9.75. The highest BCUT2D eigenvalue weighted by Crippen LogP contribution is 2.33. The monoisotopic (exact) mass is 341 g/mol. The molecule has 0 saturated heterocycles. The molecule has 0 fully saturated rings. The summed E-state index contributed by atoms with van der Waals surface area (Å²) in [5.74, 6) is -1.02. The van der Waals surface area contributed by atoms with Gasteiger partial charge in [-0.3, -0.25) is 9.59 Å². The molecule has 0 aliphatic carbocycles. The molecule has 2 aromatic rings. The van der Waals surface area contributed by atoms with Crippen LogP contribution in [0.2, 0.25) is 5.02 Å². The van der Waals surface area contributed by atoms with Crippen LogP contribution in [0.4, 0.5) is 5.69 Å². The minimum Gasteiger partial charge on any atom is -0.480 e. The summed E-state index contributed by atoms with van der Waals surface area (Å²) in [6, 6.07) is 12.7. The number of fused-ring (bicyclic) bond motifs is 1. The van der Waals surface area contributed by atoms with E-state index in [4.69, 9.17) is 11.6 Å². The topological polar surface area (TPSA) is 57.6 Å². The van der Waals surface area contributed by atoms with E-state index in [9.17, 15) is 14.7 Å². The lowest BCUT2D eigenvalue weighted by molar-refractivity contribution is -0.135. The van der Waals surface area contributed by atoms with Gasteiger partial charge in [0, 0.05) is 22.7 Å². The number of nitrogens with zero attached hydrogens (tertiary/aromatic N) is 1. The summed E-state index contributed by atoms with van der Waals surface area (Å²) >= 11 is 6.17. The Hall–Kier alpha value is -2.59. The number of hydrogen-bond acceptors (Lipinski definition) is 3. The van der Waals surface area contributed by atoms with E-state index in [0.717, 1.165) is 11.1 Å². The highest BCUT2D eigenvalue weighted by Gasteiger charge is 2.29. The summed E-state index contributed by atoms with van der Waals surface area (Å²) in [5.41, 5.74) is 3.39. The lowest BCUT2D eigenvalue weighted by atomic mass is 9.92. The van der Waals surface area contributed by atoms with Crippen LogP contribution in [0.25, 0.3) is 6.08 Å². The molecule has 0 atom stereocenters. The number of para-hydroxylation sites is 1. The lowest BCUT2D eigenvalue weighted by Crippen LogP contribution is -2.38. The summed E-state index contributed by atoms with van der Waals surface area (Å²) in [6.07, 6.45) is 1.74. The van der Waals surface area contributed by atoms with Gasteiger partial charge in [-0.1, -0.05) is 41.9 Å². The SMILES string of the molecule is Cc1cccc2c1N(CC(=O)O)C/C(=C\c1ccccc1Cl)C2=O. The van der Waals surface area contributed by atoms with Crippen molar-refractivity contribution in [1.82, 2.24) is 0 Å². The average molecular weight is 342 g/mol. The van der Waals surface area contributed by atoms with Crippen LogP contribution in [0.5, 0.6) is 0 Å². The van der Waals surface area contributed by atoms with Crippen molar-refractivity contribution in [3.63, 3.8) is 0 Å². The lowest BCUT2D eigenvalue weighted by Gasteiger charge is -2.32. The first kappa shape index (κ1) is 16.3. The van der Waals surface area contributed by atoms with Gasteiger partial charge in [0.25, 0.3) is 0 Å². The molecule has 1 aliphatic heterocycles. The van der Waals surface area contributed by atoms with E-state index in [2.05, 4.69) is 0 Å². The van der Waals surface area contributed by atoms with Gasteiger partial charge in [-0.05, 0) is 36.3 Å². The molecular weight excluding hydrogens is 326 g/mol. The highest BCUT2D eigenvalue weighted by molar-refractivity contribution is 6.32. The fourth-order valence-electron chi connectivity index (χ4n) is 2.98. The molecule has 24 heavy (non-hydrogen) atoms. The van der Waals surface area contributed by atoms with Crippen LogP contribution < -0.4 is 4.90 Å². The van der Waals surface area contributed by atoms with Gasteiger partial charge >= 0.3 is 5.97 Å². The predicted octanol–water partition coefficient (Wildman–Crippen LogP) is 3.82. The zero-order chi connectivity index (χ0) is 17.3. The second-order valence-corrected chi connectivity index (χ2v) is 6.15. The Balaban J connectivity index is 2.10. The van der Waals surface area contributed by atoms with Gasteiger partial charge in [0.1, 0.15) is 6.54 Å². The van der Waals surface area contributed by atoms with Crippen LogP contribution in [-0.4, -0.2) is 29.9 Å². The van der Waals surface area contributed by atoms with E-state index in [1.807, 2.05) is 37.3 Å². The van der Waals surface area contributed by atoms with Crippen molar-refractivity contribution in [2.24, 2.45) is 0 Å². The Morgan fingerprint density at radius 1 is 1.25 bits per heavy atom. The maximum absolute atomic E-state index is 12.8. The Kier molecular flexibility index (Phi) is 4.40. The number of carboxylic acids is 1. The smallest absolute Gasteiger partial charge is 0.323 e. The van der Waals surface area contributed by atoms with Crippen LogP contribution in [-0.2, 0) is 4.79 Å². The third-order valence-electron chi connectivity index (χ3n) is 4.01. The van der Waals surface area contributed by atoms with E-state index < -0.39 is 5.97 Å². The average Bonchev–Trinajstić information content (AvgIpc) is 2.53. The summed E-state index contributed by atoms with van der Waals surface area (Å²) < 4.78 is 0. The third kappa shape index (κ3) is 3.05. The Bertz CT molecular complexity index is 857. The van der Waals surface area contributed by atoms with Crippen molar-refractivity contribution in [1.29, 1.82) is 0 Å². The van der Waals surface area contributed by atoms with Crippen LogP contribution in [0.15, 0.2) is 48.0 Å². The Morgan fingerprint density at radius 2 is 2.00 bits per heavy atom. The van der Waals surface area contributed by atoms with Crippen molar-refractivity contribution in [2.45, 2.75) is 6.92 Å². The first-order valence-electron chi connectivity index (χ1n) is 7.53. The van der Waals surface area contributed by atoms with Crippen molar-refractivity contribution in [3.8, 4) is 0 Å². The van der Waals surface area contributed by atoms with Crippen molar-refractivity contribution in [3.05, 3.63) is 69.8 Å². The number of aliphatic carboxylic acids is 1. The number of rotatable bonds is 3. The number of carbonyl (C=O) groups is 2. The summed E-state index contributed by atoms with van der Waals surface area (Å²) in [4.78, 5) is 25.8. The molecule has 5 heteroatoms. The van der Waals surface area contributed by atoms with Crippen molar-refractivity contribution in [2.75, 3.05) is 18.0 Å². The van der Waals surface area contributed by atoms with Crippen LogP contribution >= 0.6 is 11.6 Å². The van der Waals surface area contributed by atoms with Gasteiger partial charge in [0.05, 0.1) is 5.69 Å². The number of carboxylic acid groups (broad SMARTS) is 1. The predicted molar refractivity (Wildman–Crippen MR) is 94.8 cm³/mol. The van der Waals surface area contributed by atoms with Gasteiger partial charge in [0.15, 0.2) is 5.78 Å². The maximum Gasteiger partial charge on any atom is 0.323 e. The zero-order valence-electron chi connectivity index (χ0n) is 13.1. The highest BCUT2D eigenvalue weighted by atomic mass is 35.5. The molecule has 0 saturated carbocycles. The summed E-state index contributed by atoms with van der Waals surface area (Å²) in [7, 11) is 0. The molecule has 1 heterocycles. The quantitative estimate of drug-likeness (QED) is 0.862. The standard InChI is InChI=1S/C19H16ClNO3/c1-12-5-4-7-15-18(12)21(11-17(22)23)10-14(19(15)24)9-13-6-2-3-8-16(13)20/h2-9H,10-11H2,1H3,(H,22,23)/b14-9+. The number of halogens is 1. The molecule has 0 amide bonds.